The van der Waals surface area contributed by atoms with Gasteiger partial charge in [-0.15, -0.1) is 0 Å². The van der Waals surface area contributed by atoms with Gasteiger partial charge in [0.15, 0.2) is 0 Å². The van der Waals surface area contributed by atoms with E-state index >= 15 is 0 Å². The van der Waals surface area contributed by atoms with E-state index < -0.39 is 4.92 Å². The SMILES string of the molecule is CCNc1ccc(-c2nc(-c3ccccc3)no2)cc1[N+](=O)[O-]. The van der Waals surface area contributed by atoms with Crippen molar-refractivity contribution < 1.29 is 9.45 Å². The summed E-state index contributed by atoms with van der Waals surface area (Å²) in [5, 5.41) is 18.1. The zero-order valence-corrected chi connectivity index (χ0v) is 12.4. The number of nitro benzene ring substituents is 1. The van der Waals surface area contributed by atoms with E-state index in [2.05, 4.69) is 15.5 Å². The second kappa shape index (κ2) is 6.27. The van der Waals surface area contributed by atoms with E-state index in [0.29, 0.717) is 23.6 Å². The van der Waals surface area contributed by atoms with Crippen LogP contribution >= 0.6 is 0 Å². The fraction of sp³-hybridized carbons (Fsp3) is 0.125. The van der Waals surface area contributed by atoms with Crippen molar-refractivity contribution >= 4 is 11.4 Å². The number of hydrogen-bond donors (Lipinski definition) is 1. The molecular formula is C16H14N4O3. The number of nitro groups is 1. The summed E-state index contributed by atoms with van der Waals surface area (Å²) in [6.07, 6.45) is 0. The van der Waals surface area contributed by atoms with Crippen LogP contribution in [0.15, 0.2) is 53.1 Å². The van der Waals surface area contributed by atoms with Crippen LogP contribution in [0.4, 0.5) is 11.4 Å². The summed E-state index contributed by atoms with van der Waals surface area (Å²) in [6, 6.07) is 14.2. The van der Waals surface area contributed by atoms with Crippen molar-refractivity contribution in [2.24, 2.45) is 0 Å². The van der Waals surface area contributed by atoms with Crippen LogP contribution in [0.5, 0.6) is 0 Å². The van der Waals surface area contributed by atoms with Crippen molar-refractivity contribution in [2.75, 3.05) is 11.9 Å². The smallest absolute Gasteiger partial charge is 0.293 e. The van der Waals surface area contributed by atoms with Crippen LogP contribution in [0.2, 0.25) is 0 Å². The molecule has 7 nitrogen and oxygen atoms in total. The van der Waals surface area contributed by atoms with Gasteiger partial charge in [0, 0.05) is 23.7 Å². The third-order valence-electron chi connectivity index (χ3n) is 3.27. The van der Waals surface area contributed by atoms with E-state index in [0.717, 1.165) is 5.56 Å². The zero-order chi connectivity index (χ0) is 16.2. The second-order valence-corrected chi connectivity index (χ2v) is 4.81. The van der Waals surface area contributed by atoms with Crippen molar-refractivity contribution in [2.45, 2.75) is 6.92 Å². The number of aromatic nitrogens is 2. The van der Waals surface area contributed by atoms with Crippen LogP contribution < -0.4 is 5.32 Å². The Morgan fingerprint density at radius 1 is 1.17 bits per heavy atom. The fourth-order valence-electron chi connectivity index (χ4n) is 2.20. The molecule has 2 aromatic carbocycles. The summed E-state index contributed by atoms with van der Waals surface area (Å²) in [5.41, 5.74) is 1.77. The molecule has 0 radical (unpaired) electrons. The van der Waals surface area contributed by atoms with Gasteiger partial charge >= 0.3 is 0 Å². The number of nitrogens with zero attached hydrogens (tertiary/aromatic N) is 3. The molecule has 1 heterocycles. The maximum Gasteiger partial charge on any atom is 0.293 e. The molecule has 23 heavy (non-hydrogen) atoms. The Labute approximate surface area is 132 Å². The number of nitrogens with one attached hydrogen (secondary N) is 1. The van der Waals surface area contributed by atoms with Crippen molar-refractivity contribution in [3.05, 3.63) is 58.6 Å². The van der Waals surface area contributed by atoms with Crippen LogP contribution in [0.3, 0.4) is 0 Å². The first kappa shape index (κ1) is 14.7. The van der Waals surface area contributed by atoms with E-state index in [4.69, 9.17) is 4.52 Å². The van der Waals surface area contributed by atoms with Crippen molar-refractivity contribution in [3.63, 3.8) is 0 Å². The van der Waals surface area contributed by atoms with Gasteiger partial charge in [-0.1, -0.05) is 35.5 Å². The minimum Gasteiger partial charge on any atom is -0.380 e. The predicted molar refractivity (Wildman–Crippen MR) is 86.0 cm³/mol. The molecule has 0 saturated heterocycles. The lowest BCUT2D eigenvalue weighted by atomic mass is 10.1. The van der Waals surface area contributed by atoms with Gasteiger partial charge in [0.05, 0.1) is 4.92 Å². The maximum atomic E-state index is 11.2. The molecule has 0 amide bonds. The standard InChI is InChI=1S/C16H14N4O3/c1-2-17-13-9-8-12(10-14(13)20(21)22)16-18-15(19-23-16)11-6-4-3-5-7-11/h3-10,17H,2H2,1H3. The summed E-state index contributed by atoms with van der Waals surface area (Å²) < 4.78 is 5.24. The lowest BCUT2D eigenvalue weighted by molar-refractivity contribution is -0.383. The lowest BCUT2D eigenvalue weighted by Gasteiger charge is -2.04. The Balaban J connectivity index is 1.98. The minimum absolute atomic E-state index is 0.0242. The Kier molecular flexibility index (Phi) is 4.01. The molecule has 3 rings (SSSR count). The molecule has 116 valence electrons. The molecule has 3 aromatic rings. The summed E-state index contributed by atoms with van der Waals surface area (Å²) in [6.45, 7) is 2.47. The topological polar surface area (TPSA) is 94.1 Å². The Morgan fingerprint density at radius 3 is 2.65 bits per heavy atom. The molecule has 7 heteroatoms. The third kappa shape index (κ3) is 3.03. The van der Waals surface area contributed by atoms with Gasteiger partial charge in [0.1, 0.15) is 5.69 Å². The zero-order valence-electron chi connectivity index (χ0n) is 12.4. The van der Waals surface area contributed by atoms with Gasteiger partial charge in [-0.3, -0.25) is 10.1 Å². The molecule has 0 aliphatic rings. The molecule has 1 N–H and O–H groups in total. The molecule has 1 aromatic heterocycles. The minimum atomic E-state index is -0.435. The second-order valence-electron chi connectivity index (χ2n) is 4.81. The summed E-state index contributed by atoms with van der Waals surface area (Å²) in [5.74, 6) is 0.689. The highest BCUT2D eigenvalue weighted by atomic mass is 16.6. The Morgan fingerprint density at radius 2 is 1.96 bits per heavy atom. The van der Waals surface area contributed by atoms with Gasteiger partial charge in [-0.2, -0.15) is 4.98 Å². The first-order chi connectivity index (χ1) is 11.2. The monoisotopic (exact) mass is 310 g/mol. The molecule has 0 unspecified atom stereocenters. The van der Waals surface area contributed by atoms with Crippen molar-refractivity contribution in [1.82, 2.24) is 10.1 Å². The average Bonchev–Trinajstić information content (AvgIpc) is 3.06. The highest BCUT2D eigenvalue weighted by molar-refractivity contribution is 5.70. The molecule has 0 aliphatic carbocycles. The Hall–Kier alpha value is -3.22. The van der Waals surface area contributed by atoms with E-state index in [9.17, 15) is 10.1 Å². The highest BCUT2D eigenvalue weighted by Gasteiger charge is 2.18. The average molecular weight is 310 g/mol. The summed E-state index contributed by atoms with van der Waals surface area (Å²) in [7, 11) is 0. The number of rotatable bonds is 5. The van der Waals surface area contributed by atoms with Crippen LogP contribution in [-0.4, -0.2) is 21.6 Å². The van der Waals surface area contributed by atoms with Crippen LogP contribution in [0.1, 0.15) is 6.92 Å². The molecule has 0 saturated carbocycles. The fourth-order valence-corrected chi connectivity index (χ4v) is 2.20. The van der Waals surface area contributed by atoms with Gasteiger partial charge in [-0.25, -0.2) is 0 Å². The Bertz CT molecular complexity index is 830. The largest absolute Gasteiger partial charge is 0.380 e. The molecule has 0 aliphatic heterocycles. The molecule has 0 fully saturated rings. The molecular weight excluding hydrogens is 296 g/mol. The van der Waals surface area contributed by atoms with Gasteiger partial charge in [0.2, 0.25) is 5.82 Å². The molecule has 0 atom stereocenters. The maximum absolute atomic E-state index is 11.2. The van der Waals surface area contributed by atoms with E-state index in [-0.39, 0.29) is 11.6 Å². The molecule has 0 bridgehead atoms. The van der Waals surface area contributed by atoms with Gasteiger partial charge in [0.25, 0.3) is 11.6 Å². The van der Waals surface area contributed by atoms with Gasteiger partial charge < -0.3 is 9.84 Å². The van der Waals surface area contributed by atoms with Gasteiger partial charge in [-0.05, 0) is 19.1 Å². The van der Waals surface area contributed by atoms with Crippen LogP contribution in [0.25, 0.3) is 22.8 Å². The summed E-state index contributed by atoms with van der Waals surface area (Å²) in [4.78, 5) is 15.1. The number of anilines is 1. The van der Waals surface area contributed by atoms with E-state index in [1.165, 1.54) is 6.07 Å². The first-order valence-corrected chi connectivity index (χ1v) is 7.11. The quantitative estimate of drug-likeness (QED) is 0.570. The van der Waals surface area contributed by atoms with Crippen LogP contribution in [0, 0.1) is 10.1 Å². The normalized spacial score (nSPS) is 10.5. The first-order valence-electron chi connectivity index (χ1n) is 7.11. The molecule has 0 spiro atoms. The highest BCUT2D eigenvalue weighted by Crippen LogP contribution is 2.30. The van der Waals surface area contributed by atoms with Crippen molar-refractivity contribution in [3.8, 4) is 22.8 Å². The van der Waals surface area contributed by atoms with Crippen LogP contribution in [-0.2, 0) is 0 Å². The predicted octanol–water partition coefficient (Wildman–Crippen LogP) is 3.74. The van der Waals surface area contributed by atoms with E-state index in [1.54, 1.807) is 12.1 Å². The number of benzene rings is 2. The lowest BCUT2D eigenvalue weighted by Crippen LogP contribution is -2.01. The van der Waals surface area contributed by atoms with Crippen molar-refractivity contribution in [1.29, 1.82) is 0 Å². The third-order valence-corrected chi connectivity index (χ3v) is 3.27. The van der Waals surface area contributed by atoms with E-state index in [1.807, 2.05) is 37.3 Å². The summed E-state index contributed by atoms with van der Waals surface area (Å²) >= 11 is 0. The number of hydrogen-bond acceptors (Lipinski definition) is 6.